The Bertz CT molecular complexity index is 1070. The summed E-state index contributed by atoms with van der Waals surface area (Å²) in [7, 11) is 0. The van der Waals surface area contributed by atoms with E-state index in [9.17, 15) is 27.6 Å². The highest BCUT2D eigenvalue weighted by Gasteiger charge is 2.60. The van der Waals surface area contributed by atoms with Gasteiger partial charge in [-0.2, -0.15) is 18.2 Å². The number of amides is 3. The number of benzene rings is 2. The number of anilines is 1. The first kappa shape index (κ1) is 22.0. The van der Waals surface area contributed by atoms with Crippen molar-refractivity contribution in [3.63, 3.8) is 0 Å². The number of aryl methyl sites for hydroxylation is 1. The summed E-state index contributed by atoms with van der Waals surface area (Å²) in [5, 5.41) is 1.03. The number of imide groups is 1. The molecule has 2 heterocycles. The van der Waals surface area contributed by atoms with Crippen molar-refractivity contribution >= 4 is 23.4 Å². The summed E-state index contributed by atoms with van der Waals surface area (Å²) < 4.78 is 39.8. The predicted octanol–water partition coefficient (Wildman–Crippen LogP) is 2.60. The Morgan fingerprint density at radius 1 is 1.09 bits per heavy atom. The molecule has 2 aliphatic rings. The number of halogens is 3. The molecule has 2 aliphatic heterocycles. The van der Waals surface area contributed by atoms with Crippen LogP contribution in [0.2, 0.25) is 0 Å². The average molecular weight is 447 g/mol. The lowest BCUT2D eigenvalue weighted by Gasteiger charge is -2.26. The third-order valence-electron chi connectivity index (χ3n) is 5.66. The topological polar surface area (TPSA) is 92.9 Å². The van der Waals surface area contributed by atoms with Gasteiger partial charge in [0.2, 0.25) is 11.8 Å². The number of fused-ring (bicyclic) bond motifs is 1. The molecular formula is C22H20F3N3O4. The smallest absolute Gasteiger partial charge is 0.368 e. The van der Waals surface area contributed by atoms with Gasteiger partial charge in [-0.3, -0.25) is 19.2 Å². The molecule has 32 heavy (non-hydrogen) atoms. The minimum absolute atomic E-state index is 0.0953. The first-order valence-corrected chi connectivity index (χ1v) is 9.97. The van der Waals surface area contributed by atoms with Gasteiger partial charge in [0.25, 0.3) is 5.91 Å². The van der Waals surface area contributed by atoms with Gasteiger partial charge in [-0.25, -0.2) is 4.90 Å². The van der Waals surface area contributed by atoms with Crippen LogP contribution in [0.4, 0.5) is 18.9 Å². The van der Waals surface area contributed by atoms with E-state index in [0.717, 1.165) is 34.1 Å². The molecule has 0 aromatic heterocycles. The van der Waals surface area contributed by atoms with E-state index >= 15 is 0 Å². The second-order valence-electron chi connectivity index (χ2n) is 7.69. The molecule has 2 fully saturated rings. The zero-order valence-electron chi connectivity index (χ0n) is 17.0. The molecule has 4 rings (SSSR count). The van der Waals surface area contributed by atoms with E-state index in [1.165, 1.54) is 12.1 Å². The molecule has 3 amide bonds. The largest absolute Gasteiger partial charge is 0.416 e. The molecule has 0 bridgehead atoms. The van der Waals surface area contributed by atoms with E-state index < -0.39 is 54.1 Å². The number of primary amides is 1. The number of nitrogens with two attached hydrogens (primary N) is 1. The van der Waals surface area contributed by atoms with Crippen molar-refractivity contribution in [2.45, 2.75) is 31.7 Å². The van der Waals surface area contributed by atoms with Crippen LogP contribution in [0.5, 0.6) is 0 Å². The Labute approximate surface area is 181 Å². The van der Waals surface area contributed by atoms with Crippen molar-refractivity contribution in [1.29, 1.82) is 0 Å². The quantitative estimate of drug-likeness (QED) is 0.712. The van der Waals surface area contributed by atoms with Crippen molar-refractivity contribution in [3.8, 4) is 0 Å². The minimum atomic E-state index is -4.61. The molecule has 2 N–H and O–H groups in total. The third kappa shape index (κ3) is 3.76. The molecule has 0 aliphatic carbocycles. The fraction of sp³-hybridized carbons (Fsp3) is 0.318. The maximum Gasteiger partial charge on any atom is 0.416 e. The van der Waals surface area contributed by atoms with Crippen molar-refractivity contribution in [1.82, 2.24) is 5.06 Å². The van der Waals surface area contributed by atoms with Gasteiger partial charge in [0.05, 0.1) is 23.2 Å². The summed E-state index contributed by atoms with van der Waals surface area (Å²) in [6, 6.07) is 10.1. The number of hydroxylamine groups is 2. The molecule has 0 radical (unpaired) electrons. The molecule has 2 saturated heterocycles. The highest BCUT2D eigenvalue weighted by atomic mass is 19.4. The number of hydrogen-bond donors (Lipinski definition) is 1. The van der Waals surface area contributed by atoms with Crippen molar-refractivity contribution in [2.75, 3.05) is 11.4 Å². The van der Waals surface area contributed by atoms with Gasteiger partial charge in [0, 0.05) is 0 Å². The highest BCUT2D eigenvalue weighted by Crippen LogP contribution is 2.46. The molecule has 3 unspecified atom stereocenters. The van der Waals surface area contributed by atoms with Crippen molar-refractivity contribution in [2.24, 2.45) is 11.7 Å². The van der Waals surface area contributed by atoms with Crippen molar-refractivity contribution < 1.29 is 32.4 Å². The van der Waals surface area contributed by atoms with Gasteiger partial charge in [0.1, 0.15) is 6.54 Å². The number of rotatable bonds is 5. The second kappa shape index (κ2) is 8.03. The summed E-state index contributed by atoms with van der Waals surface area (Å²) in [5.41, 5.74) is 5.80. The number of nitrogens with zero attached hydrogens (tertiary/aromatic N) is 2. The summed E-state index contributed by atoms with van der Waals surface area (Å²) >= 11 is 0. The van der Waals surface area contributed by atoms with Gasteiger partial charge in [-0.05, 0) is 41.8 Å². The van der Waals surface area contributed by atoms with E-state index in [-0.39, 0.29) is 5.56 Å². The summed E-state index contributed by atoms with van der Waals surface area (Å²) in [6.45, 7) is 1.48. The minimum Gasteiger partial charge on any atom is -0.368 e. The van der Waals surface area contributed by atoms with Crippen LogP contribution in [0.1, 0.15) is 29.7 Å². The number of alkyl halides is 3. The average Bonchev–Trinajstić information content (AvgIpc) is 3.22. The van der Waals surface area contributed by atoms with Gasteiger partial charge in [0.15, 0.2) is 6.10 Å². The Morgan fingerprint density at radius 3 is 2.38 bits per heavy atom. The molecule has 3 atom stereocenters. The monoisotopic (exact) mass is 447 g/mol. The Morgan fingerprint density at radius 2 is 1.78 bits per heavy atom. The van der Waals surface area contributed by atoms with Crippen LogP contribution in [0.15, 0.2) is 48.5 Å². The summed E-state index contributed by atoms with van der Waals surface area (Å²) in [6.07, 6.45) is -5.10. The van der Waals surface area contributed by atoms with E-state index in [1.54, 1.807) is 24.3 Å². The van der Waals surface area contributed by atoms with Crippen molar-refractivity contribution in [3.05, 3.63) is 65.2 Å². The molecule has 7 nitrogen and oxygen atoms in total. The van der Waals surface area contributed by atoms with Gasteiger partial charge < -0.3 is 5.73 Å². The first-order chi connectivity index (χ1) is 15.1. The maximum atomic E-state index is 13.3. The van der Waals surface area contributed by atoms with Gasteiger partial charge in [-0.15, -0.1) is 0 Å². The van der Waals surface area contributed by atoms with E-state index in [0.29, 0.717) is 5.69 Å². The predicted molar refractivity (Wildman–Crippen MR) is 107 cm³/mol. The highest BCUT2D eigenvalue weighted by molar-refractivity contribution is 6.23. The molecule has 10 heteroatoms. The van der Waals surface area contributed by atoms with Gasteiger partial charge in [-0.1, -0.05) is 31.2 Å². The lowest BCUT2D eigenvalue weighted by molar-refractivity contribution is -0.175. The van der Waals surface area contributed by atoms with E-state index in [4.69, 9.17) is 10.6 Å². The fourth-order valence-corrected chi connectivity index (χ4v) is 4.17. The molecular weight excluding hydrogens is 427 g/mol. The lowest BCUT2D eigenvalue weighted by Crippen LogP contribution is -2.40. The van der Waals surface area contributed by atoms with Crippen LogP contribution in [-0.4, -0.2) is 35.4 Å². The SMILES string of the molecule is CCc1ccc(N2C(=O)C3ON(CC(N)=O)C(c4cccc(C(F)(F)F)c4)C3C2=O)cc1. The lowest BCUT2D eigenvalue weighted by atomic mass is 9.90. The Balaban J connectivity index is 1.74. The second-order valence-corrected chi connectivity index (χ2v) is 7.69. The third-order valence-corrected chi connectivity index (χ3v) is 5.66. The van der Waals surface area contributed by atoms with Crippen LogP contribution in [0, 0.1) is 5.92 Å². The number of hydrogen-bond acceptors (Lipinski definition) is 5. The van der Waals surface area contributed by atoms with E-state index in [2.05, 4.69) is 0 Å². The van der Waals surface area contributed by atoms with Crippen LogP contribution in [0.3, 0.4) is 0 Å². The Hall–Kier alpha value is -3.24. The zero-order valence-corrected chi connectivity index (χ0v) is 17.0. The molecule has 0 spiro atoms. The molecule has 0 saturated carbocycles. The van der Waals surface area contributed by atoms with Crippen LogP contribution >= 0.6 is 0 Å². The molecule has 2 aromatic carbocycles. The number of carbonyl (C=O) groups is 3. The zero-order chi connectivity index (χ0) is 23.2. The van der Waals surface area contributed by atoms with Crippen LogP contribution in [0.25, 0.3) is 0 Å². The standard InChI is InChI=1S/C22H20F3N3O4/c1-2-12-6-8-15(9-7-12)28-20(30)17-18(13-4-3-5-14(10-13)22(23,24)25)27(11-16(26)29)32-19(17)21(28)31/h3-10,17-19H,2,11H2,1H3,(H2,26,29). The first-order valence-electron chi connectivity index (χ1n) is 9.97. The molecule has 168 valence electrons. The van der Waals surface area contributed by atoms with Crippen LogP contribution < -0.4 is 10.6 Å². The fourth-order valence-electron chi connectivity index (χ4n) is 4.17. The number of carbonyl (C=O) groups excluding carboxylic acids is 3. The normalized spacial score (nSPS) is 23.6. The molecule has 2 aromatic rings. The summed E-state index contributed by atoms with van der Waals surface area (Å²) in [5.74, 6) is -3.20. The van der Waals surface area contributed by atoms with Crippen LogP contribution in [-0.2, 0) is 31.8 Å². The van der Waals surface area contributed by atoms with Gasteiger partial charge >= 0.3 is 6.18 Å². The van der Waals surface area contributed by atoms with E-state index in [1.807, 2.05) is 6.92 Å². The maximum absolute atomic E-state index is 13.3. The Kier molecular flexibility index (Phi) is 5.51. The summed E-state index contributed by atoms with van der Waals surface area (Å²) in [4.78, 5) is 44.5.